The maximum Gasteiger partial charge on any atom is 0.361 e. The average Bonchev–Trinajstić information content (AvgIpc) is 3.37. The second-order valence-electron chi connectivity index (χ2n) is 23.4. The van der Waals surface area contributed by atoms with E-state index in [1.54, 1.807) is 0 Å². The van der Waals surface area contributed by atoms with Crippen molar-refractivity contribution in [3.05, 3.63) is 12.2 Å². The van der Waals surface area contributed by atoms with E-state index in [2.05, 4.69) is 26.0 Å². The Kier molecular flexibility index (Phi) is 55.7. The van der Waals surface area contributed by atoms with Crippen molar-refractivity contribution in [3.8, 4) is 0 Å². The van der Waals surface area contributed by atoms with Crippen LogP contribution in [0.1, 0.15) is 328 Å². The standard InChI is InChI=1S/C65H125NO8/c1-6-8-10-12-14-16-18-20-21-22-23-24-25-26-27-28-29-30-31-32-33-34-35-36-37-38-39-40-41-42-43-44-46-48-50-52-54-56-63(68)74-61(60-73-65(64(69)70)71-58-57-66(3,4)5)59-72-62(67)55-53-51-49-47-45-19-17-15-13-11-9-7-2/h22-23,61,65H,6-21,24-60H2,1-5H3/p+1/b23-22-. The van der Waals surface area contributed by atoms with Crippen LogP contribution in [-0.2, 0) is 33.3 Å². The Labute approximate surface area is 459 Å². The predicted molar refractivity (Wildman–Crippen MR) is 314 cm³/mol. The lowest BCUT2D eigenvalue weighted by molar-refractivity contribution is -0.870. The van der Waals surface area contributed by atoms with E-state index < -0.39 is 18.4 Å². The SMILES string of the molecule is CCCCCCCCCC/C=C\CCCCCCCCCCCCCCCCCCCCCCCCCCCC(=O)OC(COC(=O)CCCCCCCCCCCCCC)COC(OCC[N+](C)(C)C)C(=O)O. The Morgan fingerprint density at radius 1 is 0.392 bits per heavy atom. The van der Waals surface area contributed by atoms with Crippen molar-refractivity contribution < 1.29 is 42.9 Å². The van der Waals surface area contributed by atoms with Gasteiger partial charge in [-0.15, -0.1) is 0 Å². The number of carbonyl (C=O) groups excluding carboxylic acids is 2. The molecule has 0 aliphatic rings. The number of hydrogen-bond donors (Lipinski definition) is 1. The van der Waals surface area contributed by atoms with Crippen LogP contribution in [0.3, 0.4) is 0 Å². The molecule has 0 aromatic heterocycles. The molecule has 9 nitrogen and oxygen atoms in total. The molecule has 9 heteroatoms. The van der Waals surface area contributed by atoms with Crippen LogP contribution in [0, 0.1) is 0 Å². The van der Waals surface area contributed by atoms with Gasteiger partial charge in [0, 0.05) is 12.8 Å². The number of hydrogen-bond acceptors (Lipinski definition) is 7. The Bertz CT molecular complexity index is 1220. The van der Waals surface area contributed by atoms with Gasteiger partial charge in [0.25, 0.3) is 6.29 Å². The Morgan fingerprint density at radius 2 is 0.689 bits per heavy atom. The molecule has 0 aromatic carbocycles. The second kappa shape index (κ2) is 57.2. The van der Waals surface area contributed by atoms with Crippen molar-refractivity contribution in [2.45, 2.75) is 341 Å². The molecule has 2 atom stereocenters. The van der Waals surface area contributed by atoms with E-state index in [4.69, 9.17) is 18.9 Å². The van der Waals surface area contributed by atoms with Crippen molar-refractivity contribution in [1.82, 2.24) is 0 Å². The molecule has 0 saturated carbocycles. The molecule has 0 aliphatic carbocycles. The molecule has 0 saturated heterocycles. The van der Waals surface area contributed by atoms with Gasteiger partial charge in [0.15, 0.2) is 6.10 Å². The maximum absolute atomic E-state index is 12.9. The first-order valence-electron chi connectivity index (χ1n) is 32.4. The lowest BCUT2D eigenvalue weighted by Crippen LogP contribution is -2.40. The zero-order chi connectivity index (χ0) is 54.1. The third-order valence-electron chi connectivity index (χ3n) is 14.8. The van der Waals surface area contributed by atoms with Gasteiger partial charge in [-0.1, -0.05) is 289 Å². The molecule has 2 unspecified atom stereocenters. The normalized spacial score (nSPS) is 12.7. The summed E-state index contributed by atoms with van der Waals surface area (Å²) in [4.78, 5) is 37.3. The quantitative estimate of drug-likeness (QED) is 0.0211. The number of carbonyl (C=O) groups is 3. The molecule has 0 fully saturated rings. The summed E-state index contributed by atoms with van der Waals surface area (Å²) < 4.78 is 22.9. The second-order valence-corrected chi connectivity index (χ2v) is 23.4. The first kappa shape index (κ1) is 72.0. The molecular weight excluding hydrogens is 923 g/mol. The summed E-state index contributed by atoms with van der Waals surface area (Å²) in [7, 11) is 5.98. The van der Waals surface area contributed by atoms with E-state index >= 15 is 0 Å². The lowest BCUT2D eigenvalue weighted by Gasteiger charge is -2.25. The molecule has 0 aromatic rings. The van der Waals surface area contributed by atoms with Crippen LogP contribution in [0.5, 0.6) is 0 Å². The van der Waals surface area contributed by atoms with E-state index in [-0.39, 0.29) is 38.2 Å². The highest BCUT2D eigenvalue weighted by Crippen LogP contribution is 2.18. The minimum atomic E-state index is -1.50. The zero-order valence-electron chi connectivity index (χ0n) is 50.0. The molecule has 0 amide bonds. The Hall–Kier alpha value is -1.97. The third-order valence-corrected chi connectivity index (χ3v) is 14.8. The fourth-order valence-corrected chi connectivity index (χ4v) is 9.78. The predicted octanol–water partition coefficient (Wildman–Crippen LogP) is 19.3. The Balaban J connectivity index is 3.91. The number of likely N-dealkylation sites (N-methyl/N-ethyl adjacent to an activating group) is 1. The van der Waals surface area contributed by atoms with Crippen LogP contribution in [-0.4, -0.2) is 87.4 Å². The van der Waals surface area contributed by atoms with Crippen LogP contribution in [0.25, 0.3) is 0 Å². The van der Waals surface area contributed by atoms with Gasteiger partial charge in [-0.3, -0.25) is 9.59 Å². The van der Waals surface area contributed by atoms with Gasteiger partial charge >= 0.3 is 17.9 Å². The van der Waals surface area contributed by atoms with Gasteiger partial charge in [0.2, 0.25) is 0 Å². The number of quaternary nitrogens is 1. The van der Waals surface area contributed by atoms with Crippen LogP contribution in [0.4, 0.5) is 0 Å². The molecule has 0 aliphatic heterocycles. The van der Waals surface area contributed by atoms with Gasteiger partial charge in [-0.2, -0.15) is 0 Å². The molecule has 0 radical (unpaired) electrons. The highest BCUT2D eigenvalue weighted by Gasteiger charge is 2.25. The molecule has 0 spiro atoms. The van der Waals surface area contributed by atoms with Crippen molar-refractivity contribution in [2.75, 3.05) is 47.5 Å². The summed E-state index contributed by atoms with van der Waals surface area (Å²) in [5.74, 6) is -1.98. The maximum atomic E-state index is 12.9. The summed E-state index contributed by atoms with van der Waals surface area (Å²) >= 11 is 0. The molecule has 1 N–H and O–H groups in total. The van der Waals surface area contributed by atoms with Crippen LogP contribution < -0.4 is 0 Å². The molecular formula is C65H126NO8+. The van der Waals surface area contributed by atoms with Gasteiger partial charge in [-0.25, -0.2) is 4.79 Å². The van der Waals surface area contributed by atoms with Crippen molar-refractivity contribution >= 4 is 17.9 Å². The number of ether oxygens (including phenoxy) is 4. The van der Waals surface area contributed by atoms with E-state index in [9.17, 15) is 19.5 Å². The van der Waals surface area contributed by atoms with Gasteiger partial charge < -0.3 is 28.5 Å². The summed E-state index contributed by atoms with van der Waals surface area (Å²) in [6.07, 6.45) is 64.8. The minimum Gasteiger partial charge on any atom is -0.477 e. The molecule has 0 heterocycles. The number of aliphatic carboxylic acids is 1. The third kappa shape index (κ3) is 57.7. The van der Waals surface area contributed by atoms with Gasteiger partial charge in [0.1, 0.15) is 13.2 Å². The van der Waals surface area contributed by atoms with E-state index in [0.29, 0.717) is 17.4 Å². The van der Waals surface area contributed by atoms with Crippen molar-refractivity contribution in [1.29, 1.82) is 0 Å². The smallest absolute Gasteiger partial charge is 0.361 e. The number of allylic oxidation sites excluding steroid dienone is 2. The van der Waals surface area contributed by atoms with Crippen LogP contribution in [0.2, 0.25) is 0 Å². The first-order chi connectivity index (χ1) is 36.1. The summed E-state index contributed by atoms with van der Waals surface area (Å²) in [6.45, 7) is 4.92. The number of rotatable bonds is 61. The average molecular weight is 1050 g/mol. The van der Waals surface area contributed by atoms with Crippen molar-refractivity contribution in [3.63, 3.8) is 0 Å². The van der Waals surface area contributed by atoms with Crippen LogP contribution >= 0.6 is 0 Å². The summed E-state index contributed by atoms with van der Waals surface area (Å²) in [5.41, 5.74) is 0. The lowest BCUT2D eigenvalue weighted by atomic mass is 10.0. The Morgan fingerprint density at radius 3 is 1.00 bits per heavy atom. The number of unbranched alkanes of at least 4 members (excludes halogenated alkanes) is 44. The summed E-state index contributed by atoms with van der Waals surface area (Å²) in [5, 5.41) is 9.69. The van der Waals surface area contributed by atoms with E-state index in [1.807, 2.05) is 21.1 Å². The van der Waals surface area contributed by atoms with Gasteiger partial charge in [-0.05, 0) is 38.5 Å². The van der Waals surface area contributed by atoms with Crippen LogP contribution in [0.15, 0.2) is 12.2 Å². The minimum absolute atomic E-state index is 0.174. The monoisotopic (exact) mass is 1050 g/mol. The number of nitrogens with zero attached hydrogens (tertiary/aromatic N) is 1. The molecule has 0 bridgehead atoms. The topological polar surface area (TPSA) is 108 Å². The largest absolute Gasteiger partial charge is 0.477 e. The van der Waals surface area contributed by atoms with Crippen molar-refractivity contribution in [2.24, 2.45) is 0 Å². The highest BCUT2D eigenvalue weighted by molar-refractivity contribution is 5.71. The van der Waals surface area contributed by atoms with Gasteiger partial charge in [0.05, 0.1) is 34.4 Å². The number of esters is 2. The highest BCUT2D eigenvalue weighted by atomic mass is 16.7. The first-order valence-corrected chi connectivity index (χ1v) is 32.4. The number of carboxylic acid groups (broad SMARTS) is 1. The van der Waals surface area contributed by atoms with E-state index in [0.717, 1.165) is 38.5 Å². The molecule has 438 valence electrons. The zero-order valence-corrected chi connectivity index (χ0v) is 50.0. The molecule has 0 rings (SSSR count). The number of carboxylic acids is 1. The summed E-state index contributed by atoms with van der Waals surface area (Å²) in [6, 6.07) is 0. The van der Waals surface area contributed by atoms with E-state index in [1.165, 1.54) is 263 Å². The molecule has 74 heavy (non-hydrogen) atoms. The fourth-order valence-electron chi connectivity index (χ4n) is 9.78. The fraction of sp³-hybridized carbons (Fsp3) is 0.923.